The van der Waals surface area contributed by atoms with Gasteiger partial charge < -0.3 is 5.32 Å². The number of aryl methyl sites for hydroxylation is 1. The third-order valence-corrected chi connectivity index (χ3v) is 5.28. The van der Waals surface area contributed by atoms with E-state index in [1.54, 1.807) is 22.7 Å². The molecule has 104 valence electrons. The molecule has 0 aliphatic heterocycles. The molecule has 20 heavy (non-hydrogen) atoms. The highest BCUT2D eigenvalue weighted by Crippen LogP contribution is 2.25. The van der Waals surface area contributed by atoms with Crippen molar-refractivity contribution < 1.29 is 0 Å². The van der Waals surface area contributed by atoms with E-state index >= 15 is 0 Å². The molecule has 0 bridgehead atoms. The second kappa shape index (κ2) is 5.60. The highest BCUT2D eigenvalue weighted by Gasteiger charge is 2.14. The van der Waals surface area contributed by atoms with Gasteiger partial charge in [0.05, 0.1) is 16.3 Å². The van der Waals surface area contributed by atoms with Gasteiger partial charge in [0.2, 0.25) is 0 Å². The van der Waals surface area contributed by atoms with Gasteiger partial charge in [-0.3, -0.25) is 4.98 Å². The predicted octanol–water partition coefficient (Wildman–Crippen LogP) is 4.47. The quantitative estimate of drug-likeness (QED) is 0.772. The maximum atomic E-state index is 4.50. The van der Waals surface area contributed by atoms with Gasteiger partial charge in [0.1, 0.15) is 5.01 Å². The summed E-state index contributed by atoms with van der Waals surface area (Å²) in [5.74, 6) is 0. The summed E-state index contributed by atoms with van der Waals surface area (Å²) >= 11 is 3.49. The first-order chi connectivity index (χ1) is 9.63. The smallest absolute Gasteiger partial charge is 0.109 e. The van der Waals surface area contributed by atoms with Crippen LogP contribution in [0.3, 0.4) is 0 Å². The number of fused-ring (bicyclic) bond motifs is 1. The average Bonchev–Trinajstić information content (AvgIpc) is 3.05. The molecule has 2 atom stereocenters. The van der Waals surface area contributed by atoms with E-state index in [1.165, 1.54) is 15.1 Å². The Morgan fingerprint density at radius 3 is 2.75 bits per heavy atom. The molecule has 0 saturated carbocycles. The van der Waals surface area contributed by atoms with Gasteiger partial charge in [-0.2, -0.15) is 0 Å². The Labute approximate surface area is 126 Å². The summed E-state index contributed by atoms with van der Waals surface area (Å²) in [5.41, 5.74) is 2.30. The minimum atomic E-state index is 0.253. The number of hydrogen-bond acceptors (Lipinski definition) is 5. The zero-order chi connectivity index (χ0) is 14.1. The molecule has 0 unspecified atom stereocenters. The number of nitrogens with zero attached hydrogens (tertiary/aromatic N) is 2. The van der Waals surface area contributed by atoms with Crippen LogP contribution in [0.2, 0.25) is 0 Å². The second-order valence-corrected chi connectivity index (χ2v) is 7.21. The van der Waals surface area contributed by atoms with Crippen molar-refractivity contribution in [2.45, 2.75) is 32.9 Å². The van der Waals surface area contributed by atoms with Crippen molar-refractivity contribution in [1.82, 2.24) is 15.3 Å². The Bertz CT molecular complexity index is 717. The number of aromatic nitrogens is 2. The Morgan fingerprint density at radius 2 is 2.00 bits per heavy atom. The molecule has 5 heteroatoms. The fraction of sp³-hybridized carbons (Fsp3) is 0.333. The number of nitrogens with one attached hydrogen (secondary N) is 1. The predicted molar refractivity (Wildman–Crippen MR) is 86.4 cm³/mol. The summed E-state index contributed by atoms with van der Waals surface area (Å²) < 4.78 is 1.24. The second-order valence-electron chi connectivity index (χ2n) is 4.99. The molecule has 0 spiro atoms. The lowest BCUT2D eigenvalue weighted by Crippen LogP contribution is -2.22. The summed E-state index contributed by atoms with van der Waals surface area (Å²) in [5, 5.41) is 6.82. The first kappa shape index (κ1) is 13.7. The van der Waals surface area contributed by atoms with Crippen molar-refractivity contribution in [3.05, 3.63) is 45.4 Å². The van der Waals surface area contributed by atoms with Crippen LogP contribution in [0.1, 0.15) is 41.4 Å². The molecule has 0 aliphatic rings. The van der Waals surface area contributed by atoms with E-state index in [9.17, 15) is 0 Å². The third-order valence-electron chi connectivity index (χ3n) is 3.33. The SMILES string of the molecule is Cc1cnc([C@H](C)N[C@@H](C)c2cnc3ccsc3c2)s1. The van der Waals surface area contributed by atoms with Crippen molar-refractivity contribution in [3.8, 4) is 0 Å². The summed E-state index contributed by atoms with van der Waals surface area (Å²) in [6, 6.07) is 4.80. The van der Waals surface area contributed by atoms with Gasteiger partial charge in [0.15, 0.2) is 0 Å². The summed E-state index contributed by atoms with van der Waals surface area (Å²) in [7, 11) is 0. The molecule has 3 heterocycles. The maximum absolute atomic E-state index is 4.50. The van der Waals surface area contributed by atoms with Gasteiger partial charge in [0, 0.05) is 23.3 Å². The lowest BCUT2D eigenvalue weighted by molar-refractivity contribution is 0.492. The Hall–Kier alpha value is -1.30. The topological polar surface area (TPSA) is 37.8 Å². The number of thiophene rings is 1. The first-order valence-corrected chi connectivity index (χ1v) is 8.34. The van der Waals surface area contributed by atoms with Crippen LogP contribution in [0.5, 0.6) is 0 Å². The maximum Gasteiger partial charge on any atom is 0.109 e. The highest BCUT2D eigenvalue weighted by atomic mass is 32.1. The molecule has 0 aliphatic carbocycles. The van der Waals surface area contributed by atoms with E-state index < -0.39 is 0 Å². The lowest BCUT2D eigenvalue weighted by Gasteiger charge is -2.18. The van der Waals surface area contributed by atoms with Crippen molar-refractivity contribution in [2.24, 2.45) is 0 Å². The van der Waals surface area contributed by atoms with Crippen LogP contribution < -0.4 is 5.32 Å². The normalized spacial score (nSPS) is 14.6. The summed E-state index contributed by atoms with van der Waals surface area (Å²) in [4.78, 5) is 10.2. The Balaban J connectivity index is 1.76. The van der Waals surface area contributed by atoms with Crippen LogP contribution in [0.25, 0.3) is 10.2 Å². The van der Waals surface area contributed by atoms with Crippen molar-refractivity contribution in [2.75, 3.05) is 0 Å². The summed E-state index contributed by atoms with van der Waals surface area (Å²) in [6.45, 7) is 6.42. The molecule has 3 aromatic heterocycles. The minimum absolute atomic E-state index is 0.253. The van der Waals surface area contributed by atoms with Crippen LogP contribution in [0, 0.1) is 6.92 Å². The van der Waals surface area contributed by atoms with Crippen LogP contribution in [-0.2, 0) is 0 Å². The first-order valence-electron chi connectivity index (χ1n) is 6.65. The summed E-state index contributed by atoms with van der Waals surface area (Å²) in [6.07, 6.45) is 3.90. The number of rotatable bonds is 4. The van der Waals surface area contributed by atoms with Crippen LogP contribution in [0.4, 0.5) is 0 Å². The van der Waals surface area contributed by atoms with Gasteiger partial charge in [0.25, 0.3) is 0 Å². The standard InChI is InChI=1S/C15H17N3S2/c1-9-7-17-15(20-9)11(3)18-10(2)12-6-14-13(16-8-12)4-5-19-14/h4-8,10-11,18H,1-3H3/t10-,11-/m0/s1. The minimum Gasteiger partial charge on any atom is -0.301 e. The van der Waals surface area contributed by atoms with Crippen LogP contribution in [-0.4, -0.2) is 9.97 Å². The molecular formula is C15H17N3S2. The van der Waals surface area contributed by atoms with Gasteiger partial charge >= 0.3 is 0 Å². The number of pyridine rings is 1. The zero-order valence-electron chi connectivity index (χ0n) is 11.8. The van der Waals surface area contributed by atoms with E-state index in [0.717, 1.165) is 10.5 Å². The lowest BCUT2D eigenvalue weighted by atomic mass is 10.1. The van der Waals surface area contributed by atoms with Crippen molar-refractivity contribution in [3.63, 3.8) is 0 Å². The molecule has 0 amide bonds. The third kappa shape index (κ3) is 2.75. The van der Waals surface area contributed by atoms with Gasteiger partial charge in [-0.15, -0.1) is 22.7 Å². The molecule has 0 saturated heterocycles. The molecule has 3 aromatic rings. The zero-order valence-corrected chi connectivity index (χ0v) is 13.4. The van der Waals surface area contributed by atoms with Gasteiger partial charge in [-0.1, -0.05) is 0 Å². The van der Waals surface area contributed by atoms with E-state index in [2.05, 4.69) is 53.6 Å². The van der Waals surface area contributed by atoms with Crippen LogP contribution >= 0.6 is 22.7 Å². The Kier molecular flexibility index (Phi) is 3.83. The van der Waals surface area contributed by atoms with E-state index in [0.29, 0.717) is 0 Å². The molecule has 3 nitrogen and oxygen atoms in total. The molecular weight excluding hydrogens is 286 g/mol. The fourth-order valence-corrected chi connectivity index (χ4v) is 3.79. The van der Waals surface area contributed by atoms with E-state index in [4.69, 9.17) is 0 Å². The molecule has 3 rings (SSSR count). The van der Waals surface area contributed by atoms with E-state index in [-0.39, 0.29) is 12.1 Å². The number of thiazole rings is 1. The monoisotopic (exact) mass is 303 g/mol. The highest BCUT2D eigenvalue weighted by molar-refractivity contribution is 7.17. The van der Waals surface area contributed by atoms with Crippen molar-refractivity contribution in [1.29, 1.82) is 0 Å². The Morgan fingerprint density at radius 1 is 1.15 bits per heavy atom. The van der Waals surface area contributed by atoms with Gasteiger partial charge in [-0.05, 0) is 43.8 Å². The van der Waals surface area contributed by atoms with E-state index in [1.807, 2.05) is 12.4 Å². The fourth-order valence-electron chi connectivity index (χ4n) is 2.21. The van der Waals surface area contributed by atoms with Crippen molar-refractivity contribution >= 4 is 32.9 Å². The molecule has 0 radical (unpaired) electrons. The molecule has 0 aromatic carbocycles. The van der Waals surface area contributed by atoms with Crippen LogP contribution in [0.15, 0.2) is 29.9 Å². The largest absolute Gasteiger partial charge is 0.301 e. The van der Waals surface area contributed by atoms with Gasteiger partial charge in [-0.25, -0.2) is 4.98 Å². The molecule has 0 fully saturated rings. The average molecular weight is 303 g/mol. The number of hydrogen-bond donors (Lipinski definition) is 1. The molecule has 1 N–H and O–H groups in total.